The maximum atomic E-state index is 8.93. The second-order valence-corrected chi connectivity index (χ2v) is 3.27. The first-order chi connectivity index (χ1) is 7.90. The maximum absolute atomic E-state index is 8.93. The van der Waals surface area contributed by atoms with Crippen LogP contribution in [0, 0.1) is 11.3 Å². The summed E-state index contributed by atoms with van der Waals surface area (Å²) in [7, 11) is 0. The van der Waals surface area contributed by atoms with Crippen LogP contribution in [0.25, 0.3) is 11.5 Å². The van der Waals surface area contributed by atoms with Crippen LogP contribution in [0.3, 0.4) is 0 Å². The SMILES string of the molecule is N#Cc1nccn1-c1cccc2nccn12. The van der Waals surface area contributed by atoms with Crippen molar-refractivity contribution in [1.82, 2.24) is 18.9 Å². The largest absolute Gasteiger partial charge is 0.285 e. The van der Waals surface area contributed by atoms with Gasteiger partial charge in [-0.25, -0.2) is 9.97 Å². The van der Waals surface area contributed by atoms with Crippen molar-refractivity contribution in [3.05, 3.63) is 48.8 Å². The van der Waals surface area contributed by atoms with Crippen LogP contribution in [0.1, 0.15) is 5.82 Å². The Bertz CT molecular complexity index is 686. The van der Waals surface area contributed by atoms with Crippen LogP contribution >= 0.6 is 0 Å². The van der Waals surface area contributed by atoms with E-state index >= 15 is 0 Å². The van der Waals surface area contributed by atoms with Gasteiger partial charge in [0.2, 0.25) is 5.82 Å². The second kappa shape index (κ2) is 3.21. The molecule has 0 bridgehead atoms. The Morgan fingerprint density at radius 3 is 2.88 bits per heavy atom. The van der Waals surface area contributed by atoms with Crippen molar-refractivity contribution in [1.29, 1.82) is 5.26 Å². The number of rotatable bonds is 1. The molecule has 0 spiro atoms. The molecule has 0 aliphatic heterocycles. The summed E-state index contributed by atoms with van der Waals surface area (Å²) in [4.78, 5) is 8.16. The molecule has 0 N–H and O–H groups in total. The van der Waals surface area contributed by atoms with Crippen molar-refractivity contribution >= 4 is 5.65 Å². The Morgan fingerprint density at radius 1 is 1.12 bits per heavy atom. The molecular formula is C11H7N5. The first-order valence-corrected chi connectivity index (χ1v) is 4.76. The third kappa shape index (κ3) is 1.10. The summed E-state index contributed by atoms with van der Waals surface area (Å²) in [6, 6.07) is 7.77. The van der Waals surface area contributed by atoms with Crippen LogP contribution in [0.4, 0.5) is 0 Å². The van der Waals surface area contributed by atoms with Crippen LogP contribution in [0.2, 0.25) is 0 Å². The Balaban J connectivity index is 2.35. The summed E-state index contributed by atoms with van der Waals surface area (Å²) in [5, 5.41) is 8.93. The van der Waals surface area contributed by atoms with Gasteiger partial charge in [-0.2, -0.15) is 5.26 Å². The van der Waals surface area contributed by atoms with E-state index in [1.165, 1.54) is 0 Å². The van der Waals surface area contributed by atoms with Crippen LogP contribution in [0.15, 0.2) is 43.0 Å². The molecule has 0 aliphatic rings. The highest BCUT2D eigenvalue weighted by Gasteiger charge is 2.06. The van der Waals surface area contributed by atoms with Crippen LogP contribution < -0.4 is 0 Å². The fraction of sp³-hybridized carbons (Fsp3) is 0. The Morgan fingerprint density at radius 2 is 2.00 bits per heavy atom. The van der Waals surface area contributed by atoms with Gasteiger partial charge in [0.1, 0.15) is 17.5 Å². The Hall–Kier alpha value is -2.61. The zero-order valence-electron chi connectivity index (χ0n) is 8.28. The second-order valence-electron chi connectivity index (χ2n) is 3.27. The van der Waals surface area contributed by atoms with Gasteiger partial charge in [0.25, 0.3) is 0 Å². The van der Waals surface area contributed by atoms with Gasteiger partial charge in [-0.3, -0.25) is 8.97 Å². The first-order valence-electron chi connectivity index (χ1n) is 4.76. The van der Waals surface area contributed by atoms with Gasteiger partial charge in [-0.1, -0.05) is 6.07 Å². The molecule has 0 unspecified atom stereocenters. The molecule has 0 saturated carbocycles. The zero-order chi connectivity index (χ0) is 11.0. The lowest BCUT2D eigenvalue weighted by Gasteiger charge is -2.06. The van der Waals surface area contributed by atoms with Gasteiger partial charge in [0.05, 0.1) is 0 Å². The summed E-state index contributed by atoms with van der Waals surface area (Å²) in [5.41, 5.74) is 0.843. The smallest absolute Gasteiger partial charge is 0.218 e. The van der Waals surface area contributed by atoms with Gasteiger partial charge in [0.15, 0.2) is 0 Å². The summed E-state index contributed by atoms with van der Waals surface area (Å²) >= 11 is 0. The van der Waals surface area contributed by atoms with Crippen molar-refractivity contribution < 1.29 is 0 Å². The summed E-state index contributed by atoms with van der Waals surface area (Å²) in [6.07, 6.45) is 6.94. The highest BCUT2D eigenvalue weighted by Crippen LogP contribution is 2.12. The van der Waals surface area contributed by atoms with Crippen molar-refractivity contribution in [2.75, 3.05) is 0 Å². The van der Waals surface area contributed by atoms with Gasteiger partial charge in [-0.15, -0.1) is 0 Å². The molecule has 76 valence electrons. The predicted octanol–water partition coefficient (Wildman–Crippen LogP) is 1.39. The number of nitriles is 1. The van der Waals surface area contributed by atoms with Crippen molar-refractivity contribution in [2.24, 2.45) is 0 Å². The molecule has 3 heterocycles. The molecule has 0 fully saturated rings. The molecule has 3 rings (SSSR count). The first kappa shape index (κ1) is 8.68. The minimum absolute atomic E-state index is 0.362. The zero-order valence-corrected chi connectivity index (χ0v) is 8.28. The summed E-state index contributed by atoms with van der Waals surface area (Å²) < 4.78 is 3.64. The topological polar surface area (TPSA) is 58.9 Å². The van der Waals surface area contributed by atoms with E-state index in [2.05, 4.69) is 9.97 Å². The number of hydrogen-bond donors (Lipinski definition) is 0. The van der Waals surface area contributed by atoms with Gasteiger partial charge in [-0.05, 0) is 12.1 Å². The van der Waals surface area contributed by atoms with Crippen molar-refractivity contribution in [3.8, 4) is 11.9 Å². The van der Waals surface area contributed by atoms with Crippen molar-refractivity contribution in [2.45, 2.75) is 0 Å². The Kier molecular flexibility index (Phi) is 1.74. The fourth-order valence-corrected chi connectivity index (χ4v) is 1.70. The summed E-state index contributed by atoms with van der Waals surface area (Å²) in [6.45, 7) is 0. The molecule has 5 nitrogen and oxygen atoms in total. The molecule has 5 heteroatoms. The highest BCUT2D eigenvalue weighted by molar-refractivity contribution is 5.45. The molecule has 0 saturated heterocycles. The predicted molar refractivity (Wildman–Crippen MR) is 57.0 cm³/mol. The average molecular weight is 209 g/mol. The molecule has 16 heavy (non-hydrogen) atoms. The Labute approximate surface area is 91.2 Å². The van der Waals surface area contributed by atoms with Gasteiger partial charge < -0.3 is 0 Å². The molecule has 0 aliphatic carbocycles. The standard InChI is InChI=1S/C11H7N5/c12-8-10-14-5-7-16(10)11-3-1-2-9-13-4-6-15(9)11/h1-7H. The van der Waals surface area contributed by atoms with Gasteiger partial charge in [0, 0.05) is 24.8 Å². The highest BCUT2D eigenvalue weighted by atomic mass is 15.2. The number of aromatic nitrogens is 4. The molecule has 0 aromatic carbocycles. The molecule has 0 radical (unpaired) electrons. The van der Waals surface area contributed by atoms with E-state index in [1.54, 1.807) is 23.2 Å². The number of fused-ring (bicyclic) bond motifs is 1. The van der Waals surface area contributed by atoms with E-state index in [4.69, 9.17) is 5.26 Å². The quantitative estimate of drug-likeness (QED) is 0.608. The van der Waals surface area contributed by atoms with E-state index in [9.17, 15) is 0 Å². The van der Waals surface area contributed by atoms with E-state index in [0.29, 0.717) is 5.82 Å². The summed E-state index contributed by atoms with van der Waals surface area (Å²) in [5.74, 6) is 1.21. The maximum Gasteiger partial charge on any atom is 0.218 e. The molecule has 3 aromatic rings. The number of nitrogens with zero attached hydrogens (tertiary/aromatic N) is 5. The third-order valence-electron chi connectivity index (χ3n) is 2.39. The minimum Gasteiger partial charge on any atom is -0.285 e. The molecule has 0 atom stereocenters. The van der Waals surface area contributed by atoms with Crippen LogP contribution in [0.5, 0.6) is 0 Å². The number of imidazole rings is 2. The van der Waals surface area contributed by atoms with Crippen LogP contribution in [-0.2, 0) is 0 Å². The third-order valence-corrected chi connectivity index (χ3v) is 2.39. The average Bonchev–Trinajstić information content (AvgIpc) is 2.96. The van der Waals surface area contributed by atoms with Crippen LogP contribution in [-0.4, -0.2) is 18.9 Å². The number of pyridine rings is 1. The van der Waals surface area contributed by atoms with E-state index < -0.39 is 0 Å². The molecule has 0 amide bonds. The van der Waals surface area contributed by atoms with Crippen molar-refractivity contribution in [3.63, 3.8) is 0 Å². The van der Waals surface area contributed by atoms with Gasteiger partial charge >= 0.3 is 0 Å². The lowest BCUT2D eigenvalue weighted by Crippen LogP contribution is -2.02. The van der Waals surface area contributed by atoms with E-state index in [1.807, 2.05) is 34.9 Å². The monoisotopic (exact) mass is 209 g/mol. The molecular weight excluding hydrogens is 202 g/mol. The fourth-order valence-electron chi connectivity index (χ4n) is 1.70. The lowest BCUT2D eigenvalue weighted by molar-refractivity contribution is 0.936. The minimum atomic E-state index is 0.362. The van der Waals surface area contributed by atoms with E-state index in [0.717, 1.165) is 11.5 Å². The number of hydrogen-bond acceptors (Lipinski definition) is 3. The normalized spacial score (nSPS) is 10.4. The van der Waals surface area contributed by atoms with E-state index in [-0.39, 0.29) is 0 Å². The molecule has 3 aromatic heterocycles. The lowest BCUT2D eigenvalue weighted by atomic mass is 10.4.